The summed E-state index contributed by atoms with van der Waals surface area (Å²) in [4.78, 5) is 4.04. The molecular weight excluding hydrogens is 367 g/mol. The Balaban J connectivity index is 1.82. The smallest absolute Gasteiger partial charge is 0.397 e. The predicted molar refractivity (Wildman–Crippen MR) is 105 cm³/mol. The lowest BCUT2D eigenvalue weighted by Gasteiger charge is -2.25. The lowest BCUT2D eigenvalue weighted by atomic mass is 10.1. The first kappa shape index (κ1) is 18.6. The molecule has 1 aliphatic heterocycles. The summed E-state index contributed by atoms with van der Waals surface area (Å²) in [5.41, 5.74) is 8.62. The maximum Gasteiger partial charge on any atom is 0.406 e. The summed E-state index contributed by atoms with van der Waals surface area (Å²) in [5, 5.41) is 7.60. The van der Waals surface area contributed by atoms with Crippen molar-refractivity contribution in [3.05, 3.63) is 42.7 Å². The number of nitrogen functional groups attached to an aromatic ring is 1. The Labute approximate surface area is 160 Å². The van der Waals surface area contributed by atoms with E-state index in [2.05, 4.69) is 15.6 Å². The Kier molecular flexibility index (Phi) is 4.89. The third kappa shape index (κ3) is 3.91. The van der Waals surface area contributed by atoms with Gasteiger partial charge in [0.1, 0.15) is 6.54 Å². The Morgan fingerprint density at radius 3 is 2.68 bits per heavy atom. The van der Waals surface area contributed by atoms with Crippen LogP contribution >= 0.6 is 0 Å². The van der Waals surface area contributed by atoms with Crippen LogP contribution in [0.15, 0.2) is 42.7 Å². The average molecular weight is 389 g/mol. The molecule has 28 heavy (non-hydrogen) atoms. The van der Waals surface area contributed by atoms with E-state index >= 15 is 0 Å². The number of alkyl halides is 3. The summed E-state index contributed by atoms with van der Waals surface area (Å²) < 4.78 is 41.2. The summed E-state index contributed by atoms with van der Waals surface area (Å²) >= 11 is 0. The van der Waals surface area contributed by atoms with Gasteiger partial charge in [-0.15, -0.1) is 0 Å². The van der Waals surface area contributed by atoms with Gasteiger partial charge in [-0.25, -0.2) is 0 Å². The normalized spacial score (nSPS) is 15.8. The standard InChI is InChI=1S/C20H22F3N5/c21-20(22,23)12-28-18-3-1-2-17(27-15-4-6-25-7-5-15)16(18)9-19(28)13-8-14(24)11-26-10-13/h1-3,8-11,15,25,27H,4-7,12,24H2. The van der Waals surface area contributed by atoms with Crippen molar-refractivity contribution in [1.82, 2.24) is 14.9 Å². The molecule has 0 radical (unpaired) electrons. The summed E-state index contributed by atoms with van der Waals surface area (Å²) in [6.45, 7) is 0.795. The van der Waals surface area contributed by atoms with Gasteiger partial charge in [-0.3, -0.25) is 4.98 Å². The summed E-state index contributed by atoms with van der Waals surface area (Å²) in [7, 11) is 0. The van der Waals surface area contributed by atoms with Crippen molar-refractivity contribution in [3.63, 3.8) is 0 Å². The van der Waals surface area contributed by atoms with Crippen LogP contribution in [-0.2, 0) is 6.54 Å². The Bertz CT molecular complexity index is 974. The number of hydrogen-bond donors (Lipinski definition) is 3. The number of piperidine rings is 1. The number of nitrogens with two attached hydrogens (primary N) is 1. The Morgan fingerprint density at radius 1 is 1.18 bits per heavy atom. The van der Waals surface area contributed by atoms with E-state index in [1.165, 1.54) is 17.0 Å². The van der Waals surface area contributed by atoms with Crippen LogP contribution in [-0.4, -0.2) is 34.9 Å². The van der Waals surface area contributed by atoms with Crippen molar-refractivity contribution >= 4 is 22.3 Å². The second-order valence-corrected chi connectivity index (χ2v) is 7.14. The number of pyridine rings is 1. The van der Waals surface area contributed by atoms with Gasteiger partial charge >= 0.3 is 6.18 Å². The molecule has 4 N–H and O–H groups in total. The van der Waals surface area contributed by atoms with E-state index < -0.39 is 12.7 Å². The zero-order chi connectivity index (χ0) is 19.7. The molecule has 1 saturated heterocycles. The highest BCUT2D eigenvalue weighted by molar-refractivity contribution is 5.96. The van der Waals surface area contributed by atoms with Crippen LogP contribution in [0.25, 0.3) is 22.2 Å². The topological polar surface area (TPSA) is 67.9 Å². The SMILES string of the molecule is Nc1cncc(-c2cc3c(NC4CCNCC4)cccc3n2CC(F)(F)F)c1. The molecule has 0 saturated carbocycles. The second-order valence-electron chi connectivity index (χ2n) is 7.14. The molecule has 0 amide bonds. The highest BCUT2D eigenvalue weighted by atomic mass is 19.4. The van der Waals surface area contributed by atoms with Gasteiger partial charge in [0.05, 0.1) is 16.9 Å². The fourth-order valence-corrected chi connectivity index (χ4v) is 3.78. The molecule has 148 valence electrons. The van der Waals surface area contributed by atoms with E-state index in [1.54, 1.807) is 24.3 Å². The highest BCUT2D eigenvalue weighted by Crippen LogP contribution is 2.35. The van der Waals surface area contributed by atoms with Crippen molar-refractivity contribution in [2.45, 2.75) is 31.6 Å². The molecule has 5 nitrogen and oxygen atoms in total. The number of anilines is 2. The number of rotatable bonds is 4. The van der Waals surface area contributed by atoms with Gasteiger partial charge in [-0.2, -0.15) is 13.2 Å². The first-order valence-corrected chi connectivity index (χ1v) is 9.28. The highest BCUT2D eigenvalue weighted by Gasteiger charge is 2.30. The van der Waals surface area contributed by atoms with E-state index in [-0.39, 0.29) is 0 Å². The molecular formula is C20H22F3N5. The van der Waals surface area contributed by atoms with Crippen LogP contribution in [0.1, 0.15) is 12.8 Å². The van der Waals surface area contributed by atoms with Gasteiger partial charge < -0.3 is 20.9 Å². The van der Waals surface area contributed by atoms with Gasteiger partial charge in [0.2, 0.25) is 0 Å². The monoisotopic (exact) mass is 389 g/mol. The number of fused-ring (bicyclic) bond motifs is 1. The average Bonchev–Trinajstić information content (AvgIpc) is 3.01. The maximum atomic E-state index is 13.3. The van der Waals surface area contributed by atoms with Gasteiger partial charge in [0.25, 0.3) is 0 Å². The first-order valence-electron chi connectivity index (χ1n) is 9.28. The number of nitrogens with one attached hydrogen (secondary N) is 2. The minimum Gasteiger partial charge on any atom is -0.397 e. The molecule has 2 aromatic heterocycles. The third-order valence-corrected chi connectivity index (χ3v) is 5.04. The number of halogens is 3. The molecule has 8 heteroatoms. The van der Waals surface area contributed by atoms with Crippen molar-refractivity contribution < 1.29 is 13.2 Å². The lowest BCUT2D eigenvalue weighted by Crippen LogP contribution is -2.35. The van der Waals surface area contributed by atoms with E-state index in [0.717, 1.165) is 37.0 Å². The van der Waals surface area contributed by atoms with Gasteiger partial charge in [-0.05, 0) is 50.2 Å². The summed E-state index contributed by atoms with van der Waals surface area (Å²) in [5.74, 6) is 0. The second kappa shape index (κ2) is 7.35. The van der Waals surface area contributed by atoms with Crippen LogP contribution in [0.4, 0.5) is 24.5 Å². The number of hydrogen-bond acceptors (Lipinski definition) is 4. The van der Waals surface area contributed by atoms with Crippen molar-refractivity contribution in [2.75, 3.05) is 24.1 Å². The molecule has 0 aliphatic carbocycles. The van der Waals surface area contributed by atoms with E-state index in [0.29, 0.717) is 28.5 Å². The first-order chi connectivity index (χ1) is 13.4. The molecule has 1 aromatic carbocycles. The van der Waals surface area contributed by atoms with Crippen LogP contribution in [0, 0.1) is 0 Å². The summed E-state index contributed by atoms with van der Waals surface area (Å²) in [6, 6.07) is 9.17. The molecule has 4 rings (SSSR count). The Hall–Kier alpha value is -2.74. The van der Waals surface area contributed by atoms with Gasteiger partial charge in [-0.1, -0.05) is 6.07 Å². The fraction of sp³-hybridized carbons (Fsp3) is 0.350. The van der Waals surface area contributed by atoms with Crippen molar-refractivity contribution in [2.24, 2.45) is 0 Å². The van der Waals surface area contributed by atoms with Crippen LogP contribution in [0.5, 0.6) is 0 Å². The minimum atomic E-state index is -4.34. The molecule has 3 heterocycles. The fourth-order valence-electron chi connectivity index (χ4n) is 3.78. The minimum absolute atomic E-state index is 0.301. The molecule has 1 aliphatic rings. The van der Waals surface area contributed by atoms with Crippen molar-refractivity contribution in [1.29, 1.82) is 0 Å². The zero-order valence-electron chi connectivity index (χ0n) is 15.3. The van der Waals surface area contributed by atoms with Crippen molar-refractivity contribution in [3.8, 4) is 11.3 Å². The predicted octanol–water partition coefficient (Wildman–Crippen LogP) is 4.01. The number of aromatic nitrogens is 2. The van der Waals surface area contributed by atoms with E-state index in [1.807, 2.05) is 6.07 Å². The molecule has 1 fully saturated rings. The summed E-state index contributed by atoms with van der Waals surface area (Å²) in [6.07, 6.45) is 0.631. The van der Waals surface area contributed by atoms with Crippen LogP contribution < -0.4 is 16.4 Å². The molecule has 0 bridgehead atoms. The molecule has 0 spiro atoms. The third-order valence-electron chi connectivity index (χ3n) is 5.04. The van der Waals surface area contributed by atoms with Gasteiger partial charge in [0.15, 0.2) is 0 Å². The molecule has 3 aromatic rings. The number of benzene rings is 1. The van der Waals surface area contributed by atoms with E-state index in [4.69, 9.17) is 5.73 Å². The largest absolute Gasteiger partial charge is 0.406 e. The van der Waals surface area contributed by atoms with Gasteiger partial charge in [0, 0.05) is 35.1 Å². The van der Waals surface area contributed by atoms with Crippen LogP contribution in [0.2, 0.25) is 0 Å². The maximum absolute atomic E-state index is 13.3. The quantitative estimate of drug-likeness (QED) is 0.631. The van der Waals surface area contributed by atoms with Crippen LogP contribution in [0.3, 0.4) is 0 Å². The number of nitrogens with zero attached hydrogens (tertiary/aromatic N) is 2. The zero-order valence-corrected chi connectivity index (χ0v) is 15.3. The lowest BCUT2D eigenvalue weighted by molar-refractivity contribution is -0.139. The Morgan fingerprint density at radius 2 is 1.96 bits per heavy atom. The van der Waals surface area contributed by atoms with E-state index in [9.17, 15) is 13.2 Å². The molecule has 0 unspecified atom stereocenters. The molecule has 0 atom stereocenters.